The number of aromatic amines is 1. The van der Waals surface area contributed by atoms with Crippen molar-refractivity contribution in [3.63, 3.8) is 0 Å². The van der Waals surface area contributed by atoms with Gasteiger partial charge in [0.15, 0.2) is 0 Å². The Morgan fingerprint density at radius 3 is 2.86 bits per heavy atom. The van der Waals surface area contributed by atoms with Crippen LogP contribution in [0.15, 0.2) is 65.6 Å². The number of nitrogens with zero attached hydrogens (tertiary/aromatic N) is 4. The zero-order chi connectivity index (χ0) is 24.6. The molecule has 2 aliphatic rings. The molecule has 3 aromatic rings. The van der Waals surface area contributed by atoms with E-state index in [4.69, 9.17) is 4.74 Å². The molecule has 4 heterocycles. The zero-order valence-electron chi connectivity index (χ0n) is 19.5. The predicted molar refractivity (Wildman–Crippen MR) is 131 cm³/mol. The van der Waals surface area contributed by atoms with Crippen LogP contribution in [0.25, 0.3) is 27.9 Å². The number of nitrogens with one attached hydrogen (secondary N) is 1. The van der Waals surface area contributed by atoms with Crippen LogP contribution in [0, 0.1) is 11.2 Å². The summed E-state index contributed by atoms with van der Waals surface area (Å²) in [6.45, 7) is 8.50. The lowest BCUT2D eigenvalue weighted by atomic mass is 9.78. The number of likely N-dealkylation sites (tertiary alicyclic amines) is 1. The standard InChI is InChI=1S/C26H26FN5O3/c1-3-18(25(34)31-10-4-9-26(14-31)15-35-16-26)6-5-17(2)32-13-23(29-30-32)21-12-19-11-20(27)7-8-22(19)28-24(21)33/h3,5-8,11-13H,1,4,9-10,14-16H2,2H3,(H,28,33)/b17-5+,18-6+. The van der Waals surface area contributed by atoms with Gasteiger partial charge in [-0.3, -0.25) is 9.59 Å². The molecule has 0 atom stereocenters. The van der Waals surface area contributed by atoms with Crippen LogP contribution in [-0.2, 0) is 9.53 Å². The molecule has 2 aliphatic heterocycles. The molecule has 1 spiro atoms. The lowest BCUT2D eigenvalue weighted by molar-refractivity contribution is -0.156. The van der Waals surface area contributed by atoms with E-state index in [1.807, 2.05) is 11.8 Å². The number of hydrogen-bond acceptors (Lipinski definition) is 5. The van der Waals surface area contributed by atoms with E-state index in [1.165, 1.54) is 22.9 Å². The molecule has 1 aromatic carbocycles. The minimum atomic E-state index is -0.391. The first kappa shape index (κ1) is 22.9. The molecule has 1 amide bonds. The van der Waals surface area contributed by atoms with E-state index in [2.05, 4.69) is 21.9 Å². The molecule has 0 bridgehead atoms. The molecule has 9 heteroatoms. The van der Waals surface area contributed by atoms with Crippen molar-refractivity contribution in [1.82, 2.24) is 24.9 Å². The van der Waals surface area contributed by atoms with Gasteiger partial charge in [0.2, 0.25) is 0 Å². The number of H-pyrrole nitrogens is 1. The fourth-order valence-corrected chi connectivity index (χ4v) is 4.63. The third-order valence-electron chi connectivity index (χ3n) is 6.67. The molecule has 0 radical (unpaired) electrons. The number of carbonyl (C=O) groups excluding carboxylic acids is 1. The van der Waals surface area contributed by atoms with Crippen molar-refractivity contribution < 1.29 is 13.9 Å². The number of ether oxygens (including phenoxy) is 1. The Labute approximate surface area is 201 Å². The molecular formula is C26H26FN5O3. The summed E-state index contributed by atoms with van der Waals surface area (Å²) in [5.74, 6) is -0.442. The number of aromatic nitrogens is 4. The maximum atomic E-state index is 13.6. The van der Waals surface area contributed by atoms with Crippen LogP contribution >= 0.6 is 0 Å². The molecule has 2 fully saturated rings. The van der Waals surface area contributed by atoms with Gasteiger partial charge < -0.3 is 14.6 Å². The fourth-order valence-electron chi connectivity index (χ4n) is 4.63. The predicted octanol–water partition coefficient (Wildman–Crippen LogP) is 3.54. The van der Waals surface area contributed by atoms with Gasteiger partial charge in [0.25, 0.3) is 11.5 Å². The van der Waals surface area contributed by atoms with Crippen molar-refractivity contribution in [2.75, 3.05) is 26.3 Å². The van der Waals surface area contributed by atoms with Crippen molar-refractivity contribution in [3.05, 3.63) is 77.0 Å². The Kier molecular flexibility index (Phi) is 5.94. The Hall–Kier alpha value is -3.85. The minimum absolute atomic E-state index is 0.0516. The van der Waals surface area contributed by atoms with Crippen LogP contribution in [0.3, 0.4) is 0 Å². The summed E-state index contributed by atoms with van der Waals surface area (Å²) >= 11 is 0. The van der Waals surface area contributed by atoms with Crippen LogP contribution in [0.4, 0.5) is 4.39 Å². The molecule has 180 valence electrons. The summed E-state index contributed by atoms with van der Waals surface area (Å²) in [5.41, 5.74) is 2.15. The average molecular weight is 476 g/mol. The summed E-state index contributed by atoms with van der Waals surface area (Å²) in [5, 5.41) is 8.79. The molecule has 8 nitrogen and oxygen atoms in total. The van der Waals surface area contributed by atoms with E-state index in [-0.39, 0.29) is 16.9 Å². The van der Waals surface area contributed by atoms with Gasteiger partial charge in [0.1, 0.15) is 11.5 Å². The number of allylic oxidation sites excluding steroid dienone is 3. The van der Waals surface area contributed by atoms with Gasteiger partial charge in [-0.05, 0) is 56.2 Å². The number of fused-ring (bicyclic) bond motifs is 1. The maximum Gasteiger partial charge on any atom is 0.258 e. The van der Waals surface area contributed by atoms with Crippen LogP contribution in [0.2, 0.25) is 0 Å². The number of halogens is 1. The molecule has 2 saturated heterocycles. The summed E-state index contributed by atoms with van der Waals surface area (Å²) in [4.78, 5) is 30.2. The largest absolute Gasteiger partial charge is 0.380 e. The summed E-state index contributed by atoms with van der Waals surface area (Å²) in [6.07, 6.45) is 8.72. The number of carbonyl (C=O) groups is 1. The zero-order valence-corrected chi connectivity index (χ0v) is 19.5. The number of amides is 1. The van der Waals surface area contributed by atoms with E-state index in [9.17, 15) is 14.0 Å². The summed E-state index contributed by atoms with van der Waals surface area (Å²) < 4.78 is 20.5. The Morgan fingerprint density at radius 2 is 2.11 bits per heavy atom. The van der Waals surface area contributed by atoms with Crippen LogP contribution in [0.1, 0.15) is 19.8 Å². The smallest absolute Gasteiger partial charge is 0.258 e. The summed E-state index contributed by atoms with van der Waals surface area (Å²) in [7, 11) is 0. The van der Waals surface area contributed by atoms with Crippen LogP contribution < -0.4 is 5.56 Å². The van der Waals surface area contributed by atoms with Gasteiger partial charge in [0, 0.05) is 40.7 Å². The van der Waals surface area contributed by atoms with Gasteiger partial charge in [-0.25, -0.2) is 9.07 Å². The van der Waals surface area contributed by atoms with Crippen LogP contribution in [-0.4, -0.2) is 57.1 Å². The first-order valence-corrected chi connectivity index (χ1v) is 11.5. The highest BCUT2D eigenvalue weighted by Gasteiger charge is 2.43. The molecule has 0 saturated carbocycles. The second-order valence-corrected chi connectivity index (χ2v) is 9.25. The molecule has 0 unspecified atom stereocenters. The molecular weight excluding hydrogens is 449 g/mol. The highest BCUT2D eigenvalue weighted by atomic mass is 19.1. The van der Waals surface area contributed by atoms with Crippen molar-refractivity contribution in [1.29, 1.82) is 0 Å². The Morgan fingerprint density at radius 1 is 1.29 bits per heavy atom. The number of piperidine rings is 1. The fraction of sp³-hybridized carbons (Fsp3) is 0.308. The first-order valence-electron chi connectivity index (χ1n) is 11.5. The van der Waals surface area contributed by atoms with Gasteiger partial charge in [-0.15, -0.1) is 5.10 Å². The lowest BCUT2D eigenvalue weighted by Crippen LogP contribution is -2.55. The van der Waals surface area contributed by atoms with Crippen molar-refractivity contribution in [2.24, 2.45) is 5.41 Å². The molecule has 35 heavy (non-hydrogen) atoms. The van der Waals surface area contributed by atoms with E-state index < -0.39 is 5.82 Å². The Balaban J connectivity index is 1.36. The van der Waals surface area contributed by atoms with Crippen molar-refractivity contribution in [3.8, 4) is 11.3 Å². The van der Waals surface area contributed by atoms with Gasteiger partial charge in [-0.2, -0.15) is 0 Å². The van der Waals surface area contributed by atoms with Crippen molar-refractivity contribution >= 4 is 22.5 Å². The molecule has 1 N–H and O–H groups in total. The maximum absolute atomic E-state index is 13.6. The normalized spacial score (nSPS) is 18.1. The van der Waals surface area contributed by atoms with E-state index in [0.29, 0.717) is 53.2 Å². The molecule has 0 aliphatic carbocycles. The lowest BCUT2D eigenvalue weighted by Gasteiger charge is -2.48. The first-order chi connectivity index (χ1) is 16.9. The number of benzene rings is 1. The number of pyridine rings is 1. The van der Waals surface area contributed by atoms with Crippen LogP contribution in [0.5, 0.6) is 0 Å². The minimum Gasteiger partial charge on any atom is -0.380 e. The van der Waals surface area contributed by atoms with Crippen molar-refractivity contribution in [2.45, 2.75) is 19.8 Å². The number of hydrogen-bond donors (Lipinski definition) is 1. The Bertz CT molecular complexity index is 1430. The molecule has 5 rings (SSSR count). The topological polar surface area (TPSA) is 93.1 Å². The molecule has 2 aromatic heterocycles. The third kappa shape index (κ3) is 4.46. The second-order valence-electron chi connectivity index (χ2n) is 9.25. The van der Waals surface area contributed by atoms with E-state index in [0.717, 1.165) is 19.4 Å². The van der Waals surface area contributed by atoms with Gasteiger partial charge in [-0.1, -0.05) is 17.9 Å². The van der Waals surface area contributed by atoms with Gasteiger partial charge in [0.05, 0.1) is 25.0 Å². The highest BCUT2D eigenvalue weighted by molar-refractivity contribution is 5.96. The number of rotatable bonds is 5. The summed E-state index contributed by atoms with van der Waals surface area (Å²) in [6, 6.07) is 5.76. The van der Waals surface area contributed by atoms with Gasteiger partial charge >= 0.3 is 0 Å². The van der Waals surface area contributed by atoms with E-state index in [1.54, 1.807) is 30.5 Å². The van der Waals surface area contributed by atoms with E-state index >= 15 is 0 Å². The highest BCUT2D eigenvalue weighted by Crippen LogP contribution is 2.37. The average Bonchev–Trinajstić information content (AvgIpc) is 3.33. The third-order valence-corrected chi connectivity index (χ3v) is 6.67. The monoisotopic (exact) mass is 475 g/mol. The SMILES string of the molecule is C=C/C(=C\C=C(/C)n1cc(-c2cc3cc(F)ccc3[nH]c2=O)nn1)C(=O)N1CCCC2(COC2)C1. The quantitative estimate of drug-likeness (QED) is 0.450. The second kappa shape index (κ2) is 9.07.